The summed E-state index contributed by atoms with van der Waals surface area (Å²) in [7, 11) is 1.17. The number of hydrogen-bond acceptors (Lipinski definition) is 4. The normalized spacial score (nSPS) is 20.8. The van der Waals surface area contributed by atoms with Crippen molar-refractivity contribution in [2.45, 2.75) is 50.6 Å². The Labute approximate surface area is 178 Å². The van der Waals surface area contributed by atoms with Crippen LogP contribution in [0, 0.1) is 0 Å². The lowest BCUT2D eigenvalue weighted by Crippen LogP contribution is -2.51. The van der Waals surface area contributed by atoms with Crippen LogP contribution < -0.4 is 4.74 Å². The quantitative estimate of drug-likeness (QED) is 0.644. The molecule has 2 bridgehead atoms. The lowest BCUT2D eigenvalue weighted by molar-refractivity contribution is -0.139. The number of carbonyl (C=O) groups excluding carboxylic acids is 1. The fourth-order valence-electron chi connectivity index (χ4n) is 4.32. The zero-order valence-corrected chi connectivity index (χ0v) is 17.1. The minimum Gasteiger partial charge on any atom is -0.481 e. The SMILES string of the molecule is COc1ncc(C2=CC3CCCC(C2)N3C(=O)OCc2ccccc2)cc1C(F)(F)F. The van der Waals surface area contributed by atoms with Gasteiger partial charge >= 0.3 is 12.3 Å². The number of aromatic nitrogens is 1. The average molecular weight is 432 g/mol. The summed E-state index contributed by atoms with van der Waals surface area (Å²) in [6.45, 7) is 0.184. The van der Waals surface area contributed by atoms with Gasteiger partial charge in [-0.1, -0.05) is 36.4 Å². The Kier molecular flexibility index (Phi) is 5.89. The molecule has 2 unspecified atom stereocenters. The third-order valence-electron chi connectivity index (χ3n) is 5.77. The van der Waals surface area contributed by atoms with E-state index in [1.165, 1.54) is 13.3 Å². The van der Waals surface area contributed by atoms with Crippen LogP contribution in [0.15, 0.2) is 48.7 Å². The second-order valence-corrected chi connectivity index (χ2v) is 7.77. The van der Waals surface area contributed by atoms with E-state index in [1.807, 2.05) is 36.4 Å². The Morgan fingerprint density at radius 2 is 2.00 bits per heavy atom. The van der Waals surface area contributed by atoms with E-state index < -0.39 is 23.7 Å². The molecule has 8 heteroatoms. The molecule has 0 spiro atoms. The van der Waals surface area contributed by atoms with E-state index in [9.17, 15) is 18.0 Å². The van der Waals surface area contributed by atoms with Crippen LogP contribution in [0.3, 0.4) is 0 Å². The van der Waals surface area contributed by atoms with Gasteiger partial charge in [-0.25, -0.2) is 9.78 Å². The van der Waals surface area contributed by atoms with E-state index in [0.717, 1.165) is 36.5 Å². The molecule has 2 atom stereocenters. The summed E-state index contributed by atoms with van der Waals surface area (Å²) in [6, 6.07) is 10.2. The minimum atomic E-state index is -4.56. The first-order chi connectivity index (χ1) is 14.9. The van der Waals surface area contributed by atoms with E-state index in [-0.39, 0.29) is 18.7 Å². The van der Waals surface area contributed by atoms with E-state index in [0.29, 0.717) is 12.0 Å². The Morgan fingerprint density at radius 1 is 1.23 bits per heavy atom. The lowest BCUT2D eigenvalue weighted by atomic mass is 9.83. The molecule has 164 valence electrons. The topological polar surface area (TPSA) is 51.7 Å². The van der Waals surface area contributed by atoms with Crippen molar-refractivity contribution in [1.29, 1.82) is 0 Å². The highest BCUT2D eigenvalue weighted by Gasteiger charge is 2.40. The van der Waals surface area contributed by atoms with Gasteiger partial charge < -0.3 is 9.47 Å². The fourth-order valence-corrected chi connectivity index (χ4v) is 4.32. The number of pyridine rings is 1. The van der Waals surface area contributed by atoms with Crippen molar-refractivity contribution in [3.63, 3.8) is 0 Å². The molecule has 1 saturated heterocycles. The number of alkyl halides is 3. The molecule has 0 radical (unpaired) electrons. The van der Waals surface area contributed by atoms with Crippen LogP contribution in [0.5, 0.6) is 5.88 Å². The Bertz CT molecular complexity index is 976. The van der Waals surface area contributed by atoms with Crippen LogP contribution in [0.1, 0.15) is 42.4 Å². The molecule has 5 nitrogen and oxygen atoms in total. The number of halogens is 3. The van der Waals surface area contributed by atoms with Crippen LogP contribution in [0.2, 0.25) is 0 Å². The van der Waals surface area contributed by atoms with Gasteiger partial charge in [0.15, 0.2) is 0 Å². The molecule has 3 heterocycles. The maximum absolute atomic E-state index is 13.4. The second-order valence-electron chi connectivity index (χ2n) is 7.77. The smallest absolute Gasteiger partial charge is 0.421 e. The summed E-state index contributed by atoms with van der Waals surface area (Å²) in [5.74, 6) is -0.445. The Hall–Kier alpha value is -3.03. The number of hydrogen-bond donors (Lipinski definition) is 0. The number of nitrogens with zero attached hydrogens (tertiary/aromatic N) is 2. The van der Waals surface area contributed by atoms with Crippen LogP contribution >= 0.6 is 0 Å². The molecule has 2 aromatic rings. The molecular weight excluding hydrogens is 409 g/mol. The van der Waals surface area contributed by atoms with Crippen LogP contribution in [-0.2, 0) is 17.5 Å². The first kappa shape index (κ1) is 21.2. The summed E-state index contributed by atoms with van der Waals surface area (Å²) in [6.07, 6.45) is 1.27. The minimum absolute atomic E-state index is 0.113. The van der Waals surface area contributed by atoms with Crippen LogP contribution in [-0.4, -0.2) is 35.2 Å². The van der Waals surface area contributed by atoms with Gasteiger partial charge in [-0.3, -0.25) is 4.90 Å². The van der Waals surface area contributed by atoms with Crippen molar-refractivity contribution in [3.05, 3.63) is 65.4 Å². The summed E-state index contributed by atoms with van der Waals surface area (Å²) >= 11 is 0. The predicted octanol–water partition coefficient (Wildman–Crippen LogP) is 5.46. The summed E-state index contributed by atoms with van der Waals surface area (Å²) < 4.78 is 50.5. The first-order valence-electron chi connectivity index (χ1n) is 10.2. The molecule has 0 N–H and O–H groups in total. The molecule has 2 aliphatic rings. The van der Waals surface area contributed by atoms with Crippen molar-refractivity contribution in [3.8, 4) is 5.88 Å². The molecule has 1 aromatic heterocycles. The maximum Gasteiger partial charge on any atom is 0.421 e. The Morgan fingerprint density at radius 3 is 2.68 bits per heavy atom. The first-order valence-corrected chi connectivity index (χ1v) is 10.2. The number of rotatable bonds is 4. The van der Waals surface area contributed by atoms with Gasteiger partial charge in [-0.2, -0.15) is 13.2 Å². The van der Waals surface area contributed by atoms with Gasteiger partial charge in [0.25, 0.3) is 0 Å². The number of carbonyl (C=O) groups is 1. The maximum atomic E-state index is 13.4. The fraction of sp³-hybridized carbons (Fsp3) is 0.391. The molecule has 0 saturated carbocycles. The van der Waals surface area contributed by atoms with Gasteiger partial charge in [0.2, 0.25) is 5.88 Å². The zero-order chi connectivity index (χ0) is 22.0. The number of amides is 1. The van der Waals surface area contributed by atoms with Crippen molar-refractivity contribution in [2.24, 2.45) is 0 Å². The number of ether oxygens (including phenoxy) is 2. The molecule has 31 heavy (non-hydrogen) atoms. The third kappa shape index (κ3) is 4.52. The van der Waals surface area contributed by atoms with Crippen molar-refractivity contribution in [1.82, 2.24) is 9.88 Å². The van der Waals surface area contributed by atoms with Crippen molar-refractivity contribution in [2.75, 3.05) is 7.11 Å². The molecule has 4 rings (SSSR count). The third-order valence-corrected chi connectivity index (χ3v) is 5.77. The van der Waals surface area contributed by atoms with E-state index in [4.69, 9.17) is 9.47 Å². The number of methoxy groups -OCH3 is 1. The standard InChI is InChI=1S/C23H23F3N2O3/c1-30-21-20(23(24,25)26)12-17(13-27-21)16-10-18-8-5-9-19(11-16)28(18)22(29)31-14-15-6-3-2-4-7-15/h2-4,6-7,10,12-13,18-19H,5,8-9,11,14H2,1H3. The van der Waals surface area contributed by atoms with Gasteiger partial charge in [0.05, 0.1) is 13.2 Å². The Balaban J connectivity index is 1.55. The molecule has 1 aromatic carbocycles. The summed E-state index contributed by atoms with van der Waals surface area (Å²) in [5, 5.41) is 0. The van der Waals surface area contributed by atoms with Gasteiger partial charge in [-0.15, -0.1) is 0 Å². The molecule has 1 amide bonds. The van der Waals surface area contributed by atoms with Gasteiger partial charge in [-0.05, 0) is 48.4 Å². The van der Waals surface area contributed by atoms with Gasteiger partial charge in [0, 0.05) is 12.2 Å². The van der Waals surface area contributed by atoms with E-state index in [2.05, 4.69) is 4.98 Å². The molecule has 1 fully saturated rings. The second kappa shape index (κ2) is 8.61. The largest absolute Gasteiger partial charge is 0.481 e. The van der Waals surface area contributed by atoms with Crippen LogP contribution in [0.25, 0.3) is 5.57 Å². The average Bonchev–Trinajstić information content (AvgIpc) is 2.76. The van der Waals surface area contributed by atoms with E-state index >= 15 is 0 Å². The summed E-state index contributed by atoms with van der Waals surface area (Å²) in [4.78, 5) is 18.4. The van der Waals surface area contributed by atoms with Crippen LogP contribution in [0.4, 0.5) is 18.0 Å². The highest BCUT2D eigenvalue weighted by Crippen LogP contribution is 2.40. The monoisotopic (exact) mass is 432 g/mol. The van der Waals surface area contributed by atoms with Crippen molar-refractivity contribution < 1.29 is 27.4 Å². The zero-order valence-electron chi connectivity index (χ0n) is 17.1. The number of fused-ring (bicyclic) bond motifs is 2. The predicted molar refractivity (Wildman–Crippen MR) is 108 cm³/mol. The van der Waals surface area contributed by atoms with E-state index in [1.54, 1.807) is 4.90 Å². The highest BCUT2D eigenvalue weighted by molar-refractivity contribution is 5.74. The number of benzene rings is 1. The lowest BCUT2D eigenvalue weighted by Gasteiger charge is -2.44. The number of piperidine rings is 1. The summed E-state index contributed by atoms with van der Waals surface area (Å²) in [5.41, 5.74) is 1.17. The molecular formula is C23H23F3N2O3. The van der Waals surface area contributed by atoms with Crippen molar-refractivity contribution >= 4 is 11.7 Å². The van der Waals surface area contributed by atoms with Gasteiger partial charge in [0.1, 0.15) is 12.2 Å². The highest BCUT2D eigenvalue weighted by atomic mass is 19.4. The molecule has 0 aliphatic carbocycles. The molecule has 2 aliphatic heterocycles.